The van der Waals surface area contributed by atoms with Crippen molar-refractivity contribution in [1.82, 2.24) is 9.88 Å². The summed E-state index contributed by atoms with van der Waals surface area (Å²) in [4.78, 5) is 6.59. The van der Waals surface area contributed by atoms with Gasteiger partial charge in [0.1, 0.15) is 5.82 Å². The van der Waals surface area contributed by atoms with Crippen LogP contribution in [0.4, 0.5) is 11.5 Å². The van der Waals surface area contributed by atoms with Crippen LogP contribution in [0, 0.1) is 0 Å². The lowest BCUT2D eigenvalue weighted by molar-refractivity contribution is 0.298. The van der Waals surface area contributed by atoms with Gasteiger partial charge < -0.3 is 16.0 Å². The van der Waals surface area contributed by atoms with Crippen LogP contribution in [0.25, 0.3) is 0 Å². The van der Waals surface area contributed by atoms with Crippen molar-refractivity contribution in [3.05, 3.63) is 17.3 Å². The van der Waals surface area contributed by atoms with Crippen LogP contribution in [-0.4, -0.2) is 36.1 Å². The van der Waals surface area contributed by atoms with Crippen molar-refractivity contribution >= 4 is 23.1 Å². The van der Waals surface area contributed by atoms with Crippen molar-refractivity contribution in [3.8, 4) is 0 Å². The van der Waals surface area contributed by atoms with Gasteiger partial charge in [0.05, 0.1) is 10.7 Å². The second-order valence-corrected chi connectivity index (χ2v) is 4.69. The first-order valence-electron chi connectivity index (χ1n) is 6.54. The molecule has 0 aromatic carbocycles. The lowest BCUT2D eigenvalue weighted by Crippen LogP contribution is -2.24. The van der Waals surface area contributed by atoms with Crippen molar-refractivity contribution in [2.45, 2.75) is 26.7 Å². The van der Waals surface area contributed by atoms with Crippen molar-refractivity contribution < 1.29 is 0 Å². The molecule has 102 valence electrons. The van der Waals surface area contributed by atoms with Crippen molar-refractivity contribution in [2.75, 3.05) is 37.2 Å². The first kappa shape index (κ1) is 15.1. The summed E-state index contributed by atoms with van der Waals surface area (Å²) < 4.78 is 0. The third-order valence-electron chi connectivity index (χ3n) is 2.97. The highest BCUT2D eigenvalue weighted by Gasteiger charge is 2.01. The van der Waals surface area contributed by atoms with E-state index in [9.17, 15) is 0 Å². The Balaban J connectivity index is 2.21. The molecule has 1 heterocycles. The summed E-state index contributed by atoms with van der Waals surface area (Å²) in [5.74, 6) is 0.724. The largest absolute Gasteiger partial charge is 0.396 e. The van der Waals surface area contributed by atoms with Gasteiger partial charge in [-0.05, 0) is 38.5 Å². The molecule has 1 aromatic heterocycles. The van der Waals surface area contributed by atoms with Crippen LogP contribution in [0.3, 0.4) is 0 Å². The van der Waals surface area contributed by atoms with Gasteiger partial charge in [0, 0.05) is 12.7 Å². The van der Waals surface area contributed by atoms with E-state index in [0.29, 0.717) is 10.7 Å². The normalized spacial score (nSPS) is 10.9. The Labute approximate surface area is 115 Å². The molecule has 0 fully saturated rings. The summed E-state index contributed by atoms with van der Waals surface area (Å²) >= 11 is 5.79. The zero-order valence-corrected chi connectivity index (χ0v) is 12.0. The van der Waals surface area contributed by atoms with Gasteiger partial charge in [-0.2, -0.15) is 0 Å². The number of hydrogen-bond donors (Lipinski definition) is 2. The number of nitrogens with zero attached hydrogens (tertiary/aromatic N) is 2. The molecule has 0 aliphatic heterocycles. The summed E-state index contributed by atoms with van der Waals surface area (Å²) in [6.07, 6.45) is 3.90. The molecule has 5 heteroatoms. The maximum Gasteiger partial charge on any atom is 0.149 e. The van der Waals surface area contributed by atoms with Gasteiger partial charge in [0.15, 0.2) is 0 Å². The van der Waals surface area contributed by atoms with E-state index in [4.69, 9.17) is 17.3 Å². The van der Waals surface area contributed by atoms with E-state index in [1.165, 1.54) is 6.42 Å². The molecule has 0 amide bonds. The van der Waals surface area contributed by atoms with Crippen LogP contribution < -0.4 is 11.1 Å². The Kier molecular flexibility index (Phi) is 6.83. The third kappa shape index (κ3) is 5.10. The number of pyridine rings is 1. The summed E-state index contributed by atoms with van der Waals surface area (Å²) in [5, 5.41) is 3.81. The summed E-state index contributed by atoms with van der Waals surface area (Å²) in [7, 11) is 0. The predicted molar refractivity (Wildman–Crippen MR) is 79.2 cm³/mol. The number of anilines is 2. The molecule has 0 aliphatic carbocycles. The molecule has 18 heavy (non-hydrogen) atoms. The summed E-state index contributed by atoms with van der Waals surface area (Å²) in [6.45, 7) is 8.67. The Morgan fingerprint density at radius 3 is 2.67 bits per heavy atom. The minimum absolute atomic E-state index is 0.569. The van der Waals surface area contributed by atoms with Crippen LogP contribution in [0.15, 0.2) is 12.3 Å². The Morgan fingerprint density at radius 1 is 1.33 bits per heavy atom. The van der Waals surface area contributed by atoms with E-state index in [1.54, 1.807) is 12.3 Å². The minimum Gasteiger partial charge on any atom is -0.396 e. The Hall–Kier alpha value is -1.00. The standard InChI is InChI=1S/C13H23ClN4/c1-3-18(4-2)8-6-5-7-16-13-12(15)9-11(14)10-17-13/h9-10H,3-8,15H2,1-2H3,(H,16,17). The highest BCUT2D eigenvalue weighted by atomic mass is 35.5. The van der Waals surface area contributed by atoms with E-state index in [-0.39, 0.29) is 0 Å². The van der Waals surface area contributed by atoms with Gasteiger partial charge in [-0.25, -0.2) is 4.98 Å². The van der Waals surface area contributed by atoms with Gasteiger partial charge in [-0.1, -0.05) is 25.4 Å². The zero-order chi connectivity index (χ0) is 13.4. The molecule has 0 unspecified atom stereocenters. The number of nitrogens with two attached hydrogens (primary N) is 1. The van der Waals surface area contributed by atoms with E-state index in [0.717, 1.165) is 38.4 Å². The van der Waals surface area contributed by atoms with Crippen molar-refractivity contribution in [2.24, 2.45) is 0 Å². The lowest BCUT2D eigenvalue weighted by Gasteiger charge is -2.17. The number of hydrogen-bond acceptors (Lipinski definition) is 4. The predicted octanol–water partition coefficient (Wildman–Crippen LogP) is 2.85. The molecule has 0 atom stereocenters. The molecule has 4 nitrogen and oxygen atoms in total. The number of nitrogens with one attached hydrogen (secondary N) is 1. The molecule has 0 bridgehead atoms. The van der Waals surface area contributed by atoms with Gasteiger partial charge in [0.2, 0.25) is 0 Å². The second kappa shape index (κ2) is 8.16. The molecule has 0 spiro atoms. The molecule has 0 saturated carbocycles. The summed E-state index contributed by atoms with van der Waals surface area (Å²) in [6, 6.07) is 1.72. The SMILES string of the molecule is CCN(CC)CCCCNc1ncc(Cl)cc1N. The fraction of sp³-hybridized carbons (Fsp3) is 0.615. The lowest BCUT2D eigenvalue weighted by atomic mass is 10.3. The first-order chi connectivity index (χ1) is 8.67. The molecular formula is C13H23ClN4. The molecule has 3 N–H and O–H groups in total. The number of halogens is 1. The number of unbranched alkanes of at least 4 members (excludes halogenated alkanes) is 1. The highest BCUT2D eigenvalue weighted by Crippen LogP contribution is 2.19. The number of rotatable bonds is 8. The van der Waals surface area contributed by atoms with Crippen LogP contribution in [-0.2, 0) is 0 Å². The van der Waals surface area contributed by atoms with Crippen molar-refractivity contribution in [1.29, 1.82) is 0 Å². The zero-order valence-electron chi connectivity index (χ0n) is 11.2. The average molecular weight is 271 g/mol. The molecule has 0 saturated heterocycles. The van der Waals surface area contributed by atoms with Gasteiger partial charge in [-0.3, -0.25) is 0 Å². The van der Waals surface area contributed by atoms with Gasteiger partial charge >= 0.3 is 0 Å². The van der Waals surface area contributed by atoms with Gasteiger partial charge in [-0.15, -0.1) is 0 Å². The Bertz CT molecular complexity index is 353. The smallest absolute Gasteiger partial charge is 0.149 e. The van der Waals surface area contributed by atoms with Crippen LogP contribution >= 0.6 is 11.6 Å². The molecule has 0 radical (unpaired) electrons. The molecule has 1 aromatic rings. The maximum absolute atomic E-state index is 5.81. The Morgan fingerprint density at radius 2 is 2.06 bits per heavy atom. The quantitative estimate of drug-likeness (QED) is 0.713. The summed E-state index contributed by atoms with van der Waals surface area (Å²) in [5.41, 5.74) is 6.41. The monoisotopic (exact) mass is 270 g/mol. The number of nitrogen functional groups attached to an aromatic ring is 1. The fourth-order valence-electron chi connectivity index (χ4n) is 1.81. The van der Waals surface area contributed by atoms with Gasteiger partial charge in [0.25, 0.3) is 0 Å². The van der Waals surface area contributed by atoms with E-state index >= 15 is 0 Å². The maximum atomic E-state index is 5.81. The minimum atomic E-state index is 0.569. The van der Waals surface area contributed by atoms with E-state index in [1.807, 2.05) is 0 Å². The molecule has 0 aliphatic rings. The third-order valence-corrected chi connectivity index (χ3v) is 3.18. The van der Waals surface area contributed by atoms with Crippen LogP contribution in [0.2, 0.25) is 5.02 Å². The molecule has 1 rings (SSSR count). The van der Waals surface area contributed by atoms with E-state index < -0.39 is 0 Å². The van der Waals surface area contributed by atoms with Crippen LogP contribution in [0.5, 0.6) is 0 Å². The second-order valence-electron chi connectivity index (χ2n) is 4.25. The van der Waals surface area contributed by atoms with E-state index in [2.05, 4.69) is 29.0 Å². The topological polar surface area (TPSA) is 54.2 Å². The fourth-order valence-corrected chi connectivity index (χ4v) is 1.98. The average Bonchev–Trinajstić information content (AvgIpc) is 2.36. The molecular weight excluding hydrogens is 248 g/mol. The first-order valence-corrected chi connectivity index (χ1v) is 6.92. The van der Waals surface area contributed by atoms with Crippen LogP contribution in [0.1, 0.15) is 26.7 Å². The number of aromatic nitrogens is 1. The highest BCUT2D eigenvalue weighted by molar-refractivity contribution is 6.30. The van der Waals surface area contributed by atoms with Crippen molar-refractivity contribution in [3.63, 3.8) is 0 Å².